The van der Waals surface area contributed by atoms with Crippen molar-refractivity contribution in [2.24, 2.45) is 5.92 Å². The van der Waals surface area contributed by atoms with Crippen molar-refractivity contribution >= 4 is 0 Å². The van der Waals surface area contributed by atoms with Crippen LogP contribution in [0.1, 0.15) is 13.8 Å². The van der Waals surface area contributed by atoms with Crippen molar-refractivity contribution in [1.82, 2.24) is 16.0 Å². The van der Waals surface area contributed by atoms with Crippen LogP contribution in [0.3, 0.4) is 0 Å². The second kappa shape index (κ2) is 5.51. The van der Waals surface area contributed by atoms with Crippen LogP contribution in [0.4, 0.5) is 0 Å². The van der Waals surface area contributed by atoms with E-state index in [1.807, 2.05) is 0 Å². The summed E-state index contributed by atoms with van der Waals surface area (Å²) >= 11 is 0. The molecule has 1 aliphatic heterocycles. The number of hydrogen-bond acceptors (Lipinski definition) is 3. The molecule has 1 atom stereocenters. The van der Waals surface area contributed by atoms with Crippen LogP contribution >= 0.6 is 0 Å². The van der Waals surface area contributed by atoms with Gasteiger partial charge in [-0.2, -0.15) is 0 Å². The van der Waals surface area contributed by atoms with E-state index in [2.05, 4.69) is 29.8 Å². The molecular weight excluding hydrogens is 150 g/mol. The second-order valence-electron chi connectivity index (χ2n) is 3.76. The van der Waals surface area contributed by atoms with E-state index in [1.165, 1.54) is 0 Å². The Morgan fingerprint density at radius 1 is 1.00 bits per heavy atom. The Morgan fingerprint density at radius 3 is 2.42 bits per heavy atom. The first-order chi connectivity index (χ1) is 5.80. The van der Waals surface area contributed by atoms with Crippen molar-refractivity contribution in [3.63, 3.8) is 0 Å². The van der Waals surface area contributed by atoms with Gasteiger partial charge in [0.2, 0.25) is 0 Å². The van der Waals surface area contributed by atoms with Crippen molar-refractivity contribution in [1.29, 1.82) is 0 Å². The highest BCUT2D eigenvalue weighted by Gasteiger charge is 2.12. The first-order valence-electron chi connectivity index (χ1n) is 4.95. The lowest BCUT2D eigenvalue weighted by Crippen LogP contribution is -2.42. The standard InChI is InChI=1S/C9H21N3/c1-8(2)9-7-11-4-3-10-5-6-12-9/h8-12H,3-7H2,1-2H3/t9-/m1/s1. The van der Waals surface area contributed by atoms with Crippen molar-refractivity contribution in [2.75, 3.05) is 32.7 Å². The third-order valence-electron chi connectivity index (χ3n) is 2.36. The van der Waals surface area contributed by atoms with Crippen LogP contribution in [0.5, 0.6) is 0 Å². The summed E-state index contributed by atoms with van der Waals surface area (Å²) in [5.41, 5.74) is 0. The molecule has 0 amide bonds. The van der Waals surface area contributed by atoms with Gasteiger partial charge in [-0.25, -0.2) is 0 Å². The fourth-order valence-electron chi connectivity index (χ4n) is 1.45. The SMILES string of the molecule is CC(C)[C@H]1CNCCNCCN1. The van der Waals surface area contributed by atoms with E-state index in [4.69, 9.17) is 0 Å². The molecule has 1 rings (SSSR count). The van der Waals surface area contributed by atoms with Gasteiger partial charge in [-0.05, 0) is 5.92 Å². The summed E-state index contributed by atoms with van der Waals surface area (Å²) in [6, 6.07) is 0.630. The molecule has 0 aliphatic carbocycles. The third kappa shape index (κ3) is 3.52. The molecule has 0 spiro atoms. The molecule has 1 saturated heterocycles. The van der Waals surface area contributed by atoms with Crippen LogP contribution in [0, 0.1) is 5.92 Å². The highest BCUT2D eigenvalue weighted by Crippen LogP contribution is 1.99. The minimum Gasteiger partial charge on any atom is -0.314 e. The Bertz CT molecular complexity index is 104. The van der Waals surface area contributed by atoms with Gasteiger partial charge in [0.1, 0.15) is 0 Å². The van der Waals surface area contributed by atoms with Crippen LogP contribution in [-0.2, 0) is 0 Å². The maximum Gasteiger partial charge on any atom is 0.0215 e. The molecule has 3 N–H and O–H groups in total. The van der Waals surface area contributed by atoms with E-state index >= 15 is 0 Å². The largest absolute Gasteiger partial charge is 0.314 e. The molecular formula is C9H21N3. The summed E-state index contributed by atoms with van der Waals surface area (Å²) in [6.45, 7) is 9.99. The maximum absolute atomic E-state index is 3.54. The van der Waals surface area contributed by atoms with Crippen molar-refractivity contribution in [2.45, 2.75) is 19.9 Å². The van der Waals surface area contributed by atoms with E-state index in [0.717, 1.165) is 38.6 Å². The van der Waals surface area contributed by atoms with Gasteiger partial charge in [0.15, 0.2) is 0 Å². The lowest BCUT2D eigenvalue weighted by atomic mass is 10.0. The molecule has 0 aromatic carbocycles. The highest BCUT2D eigenvalue weighted by molar-refractivity contribution is 4.75. The zero-order chi connectivity index (χ0) is 8.81. The average molecular weight is 171 g/mol. The van der Waals surface area contributed by atoms with Gasteiger partial charge in [-0.15, -0.1) is 0 Å². The van der Waals surface area contributed by atoms with E-state index in [1.54, 1.807) is 0 Å². The summed E-state index contributed by atoms with van der Waals surface area (Å²) in [7, 11) is 0. The average Bonchev–Trinajstić information content (AvgIpc) is 2.15. The van der Waals surface area contributed by atoms with E-state index in [-0.39, 0.29) is 0 Å². The van der Waals surface area contributed by atoms with Crippen LogP contribution in [-0.4, -0.2) is 38.8 Å². The van der Waals surface area contributed by atoms with E-state index < -0.39 is 0 Å². The predicted octanol–water partition coefficient (Wildman–Crippen LogP) is -0.207. The molecule has 3 heteroatoms. The van der Waals surface area contributed by atoms with Gasteiger partial charge >= 0.3 is 0 Å². The first-order valence-corrected chi connectivity index (χ1v) is 4.95. The maximum atomic E-state index is 3.54. The lowest BCUT2D eigenvalue weighted by molar-refractivity contribution is 0.391. The summed E-state index contributed by atoms with van der Waals surface area (Å²) < 4.78 is 0. The molecule has 0 radical (unpaired) electrons. The van der Waals surface area contributed by atoms with Gasteiger partial charge in [-0.3, -0.25) is 0 Å². The third-order valence-corrected chi connectivity index (χ3v) is 2.36. The first kappa shape index (κ1) is 9.96. The fourth-order valence-corrected chi connectivity index (χ4v) is 1.45. The molecule has 1 fully saturated rings. The Hall–Kier alpha value is -0.120. The summed E-state index contributed by atoms with van der Waals surface area (Å²) in [5.74, 6) is 0.718. The minimum atomic E-state index is 0.630. The predicted molar refractivity (Wildman–Crippen MR) is 52.4 cm³/mol. The van der Waals surface area contributed by atoms with Crippen molar-refractivity contribution < 1.29 is 0 Å². The topological polar surface area (TPSA) is 36.1 Å². The van der Waals surface area contributed by atoms with Crippen LogP contribution in [0.2, 0.25) is 0 Å². The van der Waals surface area contributed by atoms with Crippen molar-refractivity contribution in [3.05, 3.63) is 0 Å². The molecule has 1 aliphatic rings. The number of nitrogens with one attached hydrogen (secondary N) is 3. The fraction of sp³-hybridized carbons (Fsp3) is 1.00. The molecule has 1 heterocycles. The summed E-state index contributed by atoms with van der Waals surface area (Å²) in [6.07, 6.45) is 0. The quantitative estimate of drug-likeness (QED) is 0.511. The molecule has 12 heavy (non-hydrogen) atoms. The van der Waals surface area contributed by atoms with Crippen LogP contribution in [0.25, 0.3) is 0 Å². The lowest BCUT2D eigenvalue weighted by Gasteiger charge is -2.21. The van der Waals surface area contributed by atoms with Gasteiger partial charge in [-0.1, -0.05) is 13.8 Å². The molecule has 0 unspecified atom stereocenters. The normalized spacial score (nSPS) is 27.8. The highest BCUT2D eigenvalue weighted by atomic mass is 15.0. The smallest absolute Gasteiger partial charge is 0.0215 e. The second-order valence-corrected chi connectivity index (χ2v) is 3.76. The van der Waals surface area contributed by atoms with E-state index in [9.17, 15) is 0 Å². The molecule has 72 valence electrons. The Labute approximate surface area is 75.3 Å². The molecule has 0 bridgehead atoms. The monoisotopic (exact) mass is 171 g/mol. The Morgan fingerprint density at radius 2 is 1.67 bits per heavy atom. The zero-order valence-electron chi connectivity index (χ0n) is 8.19. The summed E-state index contributed by atoms with van der Waals surface area (Å²) in [5, 5.41) is 10.3. The van der Waals surface area contributed by atoms with Crippen LogP contribution < -0.4 is 16.0 Å². The Balaban J connectivity index is 2.28. The minimum absolute atomic E-state index is 0.630. The molecule has 0 aromatic rings. The van der Waals surface area contributed by atoms with Gasteiger partial charge in [0.05, 0.1) is 0 Å². The molecule has 0 saturated carbocycles. The number of rotatable bonds is 1. The van der Waals surface area contributed by atoms with Gasteiger partial charge in [0.25, 0.3) is 0 Å². The molecule has 3 nitrogen and oxygen atoms in total. The van der Waals surface area contributed by atoms with Crippen molar-refractivity contribution in [3.8, 4) is 0 Å². The molecule has 0 aromatic heterocycles. The van der Waals surface area contributed by atoms with Gasteiger partial charge < -0.3 is 16.0 Å². The van der Waals surface area contributed by atoms with E-state index in [0.29, 0.717) is 6.04 Å². The zero-order valence-corrected chi connectivity index (χ0v) is 8.19. The Kier molecular flexibility index (Phi) is 4.58. The van der Waals surface area contributed by atoms with Gasteiger partial charge in [0, 0.05) is 38.8 Å². The summed E-state index contributed by atoms with van der Waals surface area (Å²) in [4.78, 5) is 0. The number of hydrogen-bond donors (Lipinski definition) is 3. The van der Waals surface area contributed by atoms with Crippen LogP contribution in [0.15, 0.2) is 0 Å².